The summed E-state index contributed by atoms with van der Waals surface area (Å²) in [6.45, 7) is 5.18. The molecule has 1 fully saturated rings. The second-order valence-corrected chi connectivity index (χ2v) is 6.92. The van der Waals surface area contributed by atoms with Gasteiger partial charge < -0.3 is 20.3 Å². The van der Waals surface area contributed by atoms with Crippen molar-refractivity contribution in [2.75, 3.05) is 41.8 Å². The number of nitrogens with zero attached hydrogens (tertiary/aromatic N) is 1. The summed E-state index contributed by atoms with van der Waals surface area (Å²) in [6.07, 6.45) is 0. The predicted octanol–water partition coefficient (Wildman–Crippen LogP) is 3.72. The van der Waals surface area contributed by atoms with E-state index in [1.54, 1.807) is 0 Å². The highest BCUT2D eigenvalue weighted by atomic mass is 79.9. The van der Waals surface area contributed by atoms with Crippen LogP contribution in [0.4, 0.5) is 17.1 Å². The van der Waals surface area contributed by atoms with E-state index >= 15 is 0 Å². The lowest BCUT2D eigenvalue weighted by Crippen LogP contribution is -2.36. The van der Waals surface area contributed by atoms with Crippen molar-refractivity contribution in [3.8, 4) is 0 Å². The molecule has 0 aromatic heterocycles. The summed E-state index contributed by atoms with van der Waals surface area (Å²) < 4.78 is 6.38. The van der Waals surface area contributed by atoms with Gasteiger partial charge in [0.2, 0.25) is 5.91 Å². The number of anilines is 3. The van der Waals surface area contributed by atoms with Gasteiger partial charge in [-0.05, 0) is 55.5 Å². The average Bonchev–Trinajstić information content (AvgIpc) is 2.65. The number of carbonyl (C=O) groups is 1. The molecular weight excluding hydrogens is 382 g/mol. The second-order valence-electron chi connectivity index (χ2n) is 6.01. The first-order chi connectivity index (χ1) is 12.1. The highest BCUT2D eigenvalue weighted by Crippen LogP contribution is 2.20. The maximum atomic E-state index is 12.4. The van der Waals surface area contributed by atoms with E-state index < -0.39 is 0 Å². The standard InChI is InChI=1S/C19H22BrN3O2/c1-14(21-16-4-2-15(20)3-5-16)19(24)22-17-6-8-18(9-7-17)23-10-12-25-13-11-23/h2-9,14,21H,10-13H2,1H3,(H,22,24)/t14-/m0/s1. The highest BCUT2D eigenvalue weighted by Gasteiger charge is 2.14. The van der Waals surface area contributed by atoms with E-state index in [4.69, 9.17) is 4.74 Å². The third kappa shape index (κ3) is 4.96. The van der Waals surface area contributed by atoms with E-state index in [1.165, 1.54) is 0 Å². The Balaban J connectivity index is 1.55. The molecule has 0 saturated carbocycles. The third-order valence-corrected chi connectivity index (χ3v) is 4.66. The predicted molar refractivity (Wildman–Crippen MR) is 105 cm³/mol. The van der Waals surface area contributed by atoms with Crippen molar-refractivity contribution in [1.82, 2.24) is 0 Å². The van der Waals surface area contributed by atoms with Crippen LogP contribution in [0.2, 0.25) is 0 Å². The molecule has 0 aliphatic carbocycles. The maximum Gasteiger partial charge on any atom is 0.246 e. The van der Waals surface area contributed by atoms with Crippen molar-refractivity contribution in [1.29, 1.82) is 0 Å². The molecule has 25 heavy (non-hydrogen) atoms. The first kappa shape index (κ1) is 17.8. The van der Waals surface area contributed by atoms with Crippen LogP contribution in [-0.4, -0.2) is 38.3 Å². The normalized spacial score (nSPS) is 15.5. The molecule has 3 rings (SSSR count). The number of amides is 1. The van der Waals surface area contributed by atoms with E-state index in [2.05, 4.69) is 31.5 Å². The largest absolute Gasteiger partial charge is 0.378 e. The Hall–Kier alpha value is -2.05. The van der Waals surface area contributed by atoms with Gasteiger partial charge in [0.1, 0.15) is 6.04 Å². The lowest BCUT2D eigenvalue weighted by molar-refractivity contribution is -0.116. The van der Waals surface area contributed by atoms with Crippen molar-refractivity contribution in [2.24, 2.45) is 0 Å². The Morgan fingerprint density at radius 3 is 2.28 bits per heavy atom. The summed E-state index contributed by atoms with van der Waals surface area (Å²) in [5.41, 5.74) is 2.86. The molecule has 0 bridgehead atoms. The number of hydrogen-bond donors (Lipinski definition) is 2. The van der Waals surface area contributed by atoms with Crippen LogP contribution in [-0.2, 0) is 9.53 Å². The van der Waals surface area contributed by atoms with Crippen LogP contribution in [0.1, 0.15) is 6.92 Å². The van der Waals surface area contributed by atoms with Gasteiger partial charge in [0.25, 0.3) is 0 Å². The molecular formula is C19H22BrN3O2. The molecule has 0 unspecified atom stereocenters. The molecule has 0 spiro atoms. The smallest absolute Gasteiger partial charge is 0.246 e. The number of hydrogen-bond acceptors (Lipinski definition) is 4. The van der Waals surface area contributed by atoms with Gasteiger partial charge in [-0.25, -0.2) is 0 Å². The van der Waals surface area contributed by atoms with E-state index in [-0.39, 0.29) is 11.9 Å². The summed E-state index contributed by atoms with van der Waals surface area (Å²) in [5.74, 6) is -0.0676. The summed E-state index contributed by atoms with van der Waals surface area (Å²) in [7, 11) is 0. The number of nitrogens with one attached hydrogen (secondary N) is 2. The van der Waals surface area contributed by atoms with Gasteiger partial charge in [0.05, 0.1) is 13.2 Å². The van der Waals surface area contributed by atoms with Gasteiger partial charge in [0.15, 0.2) is 0 Å². The molecule has 1 amide bonds. The molecule has 2 aromatic carbocycles. The fourth-order valence-corrected chi connectivity index (χ4v) is 2.95. The van der Waals surface area contributed by atoms with Gasteiger partial charge >= 0.3 is 0 Å². The van der Waals surface area contributed by atoms with E-state index in [9.17, 15) is 4.79 Å². The minimum Gasteiger partial charge on any atom is -0.378 e. The zero-order valence-corrected chi connectivity index (χ0v) is 15.8. The Labute approximate surface area is 156 Å². The summed E-state index contributed by atoms with van der Waals surface area (Å²) in [5, 5.41) is 6.15. The molecule has 1 saturated heterocycles. The first-order valence-corrected chi connectivity index (χ1v) is 9.17. The lowest BCUT2D eigenvalue weighted by Gasteiger charge is -2.29. The maximum absolute atomic E-state index is 12.4. The number of halogens is 1. The molecule has 1 atom stereocenters. The second kappa shape index (κ2) is 8.36. The molecule has 6 heteroatoms. The van der Waals surface area contributed by atoms with Crippen LogP contribution < -0.4 is 15.5 Å². The molecule has 1 heterocycles. The molecule has 1 aliphatic rings. The molecule has 2 N–H and O–H groups in total. The van der Waals surface area contributed by atoms with Crippen LogP contribution in [0.5, 0.6) is 0 Å². The van der Waals surface area contributed by atoms with Gasteiger partial charge in [-0.2, -0.15) is 0 Å². The van der Waals surface area contributed by atoms with E-state index in [0.717, 1.165) is 47.8 Å². The minimum atomic E-state index is -0.333. The van der Waals surface area contributed by atoms with Crippen LogP contribution in [0.25, 0.3) is 0 Å². The monoisotopic (exact) mass is 403 g/mol. The van der Waals surface area contributed by atoms with E-state index in [1.807, 2.05) is 55.5 Å². The van der Waals surface area contributed by atoms with Crippen LogP contribution in [0, 0.1) is 0 Å². The van der Waals surface area contributed by atoms with Crippen LogP contribution >= 0.6 is 15.9 Å². The van der Waals surface area contributed by atoms with Crippen molar-refractivity contribution in [3.63, 3.8) is 0 Å². The topological polar surface area (TPSA) is 53.6 Å². The molecule has 5 nitrogen and oxygen atoms in total. The molecule has 132 valence electrons. The Bertz CT molecular complexity index is 698. The minimum absolute atomic E-state index is 0.0676. The first-order valence-electron chi connectivity index (χ1n) is 8.37. The summed E-state index contributed by atoms with van der Waals surface area (Å²) in [6, 6.07) is 15.4. The van der Waals surface area contributed by atoms with Gasteiger partial charge in [-0.1, -0.05) is 15.9 Å². The molecule has 0 radical (unpaired) electrons. The number of benzene rings is 2. The van der Waals surface area contributed by atoms with Crippen LogP contribution in [0.3, 0.4) is 0 Å². The Morgan fingerprint density at radius 2 is 1.64 bits per heavy atom. The zero-order chi connectivity index (χ0) is 17.6. The molecule has 2 aromatic rings. The van der Waals surface area contributed by atoms with Gasteiger partial charge in [-0.3, -0.25) is 4.79 Å². The average molecular weight is 404 g/mol. The number of morpholine rings is 1. The van der Waals surface area contributed by atoms with Crippen molar-refractivity contribution in [3.05, 3.63) is 53.0 Å². The Kier molecular flexibility index (Phi) is 5.94. The Morgan fingerprint density at radius 1 is 1.04 bits per heavy atom. The SMILES string of the molecule is C[C@H](Nc1ccc(Br)cc1)C(=O)Nc1ccc(N2CCOCC2)cc1. The number of rotatable bonds is 5. The van der Waals surface area contributed by atoms with Crippen LogP contribution in [0.15, 0.2) is 53.0 Å². The quantitative estimate of drug-likeness (QED) is 0.798. The van der Waals surface area contributed by atoms with Gasteiger partial charge in [-0.15, -0.1) is 0 Å². The number of ether oxygens (including phenoxy) is 1. The highest BCUT2D eigenvalue weighted by molar-refractivity contribution is 9.10. The van der Waals surface area contributed by atoms with Crippen molar-refractivity contribution < 1.29 is 9.53 Å². The summed E-state index contributed by atoms with van der Waals surface area (Å²) >= 11 is 3.40. The number of carbonyl (C=O) groups excluding carboxylic acids is 1. The zero-order valence-electron chi connectivity index (χ0n) is 14.2. The lowest BCUT2D eigenvalue weighted by atomic mass is 10.2. The fraction of sp³-hybridized carbons (Fsp3) is 0.316. The van der Waals surface area contributed by atoms with E-state index in [0.29, 0.717) is 0 Å². The summed E-state index contributed by atoms with van der Waals surface area (Å²) in [4.78, 5) is 14.6. The van der Waals surface area contributed by atoms with Gasteiger partial charge in [0, 0.05) is 34.6 Å². The third-order valence-electron chi connectivity index (χ3n) is 4.13. The fourth-order valence-electron chi connectivity index (χ4n) is 2.69. The van der Waals surface area contributed by atoms with Crippen molar-refractivity contribution in [2.45, 2.75) is 13.0 Å². The molecule has 1 aliphatic heterocycles. The van der Waals surface area contributed by atoms with Crippen molar-refractivity contribution >= 4 is 38.9 Å².